The number of halogens is 5. The number of hydrogen-bond donors (Lipinski definition) is 4. The van der Waals surface area contributed by atoms with E-state index < -0.39 is 41.7 Å². The standard InChI is InChI=1S/C21H15F5N6O2/c22-13-3-2-12(21(24,25)26)6-16(13)31-20(34)30-15-4-1-10(5-14(15)23)17-11(8-33)7-32-18(17)19(27)28-9-29-32/h1-7,9,33H,8H2,(H2,27,28,29)(H2,30,31,34). The molecule has 0 aliphatic rings. The Hall–Kier alpha value is -4.26. The van der Waals surface area contributed by atoms with Crippen molar-refractivity contribution in [2.24, 2.45) is 0 Å². The van der Waals surface area contributed by atoms with Crippen LogP contribution < -0.4 is 16.4 Å². The van der Waals surface area contributed by atoms with Crippen molar-refractivity contribution >= 4 is 28.7 Å². The van der Waals surface area contributed by atoms with E-state index in [0.29, 0.717) is 40.4 Å². The molecule has 34 heavy (non-hydrogen) atoms. The van der Waals surface area contributed by atoms with E-state index in [1.165, 1.54) is 29.2 Å². The second kappa shape index (κ2) is 8.59. The Labute approximate surface area is 187 Å². The molecule has 0 saturated heterocycles. The summed E-state index contributed by atoms with van der Waals surface area (Å²) in [6.07, 6.45) is -2.02. The average molecular weight is 478 g/mol. The second-order valence-corrected chi connectivity index (χ2v) is 7.09. The Balaban J connectivity index is 1.60. The van der Waals surface area contributed by atoms with E-state index in [4.69, 9.17) is 5.73 Å². The van der Waals surface area contributed by atoms with Crippen LogP contribution >= 0.6 is 0 Å². The molecule has 0 radical (unpaired) electrons. The van der Waals surface area contributed by atoms with Crippen LogP contribution in [0, 0.1) is 11.6 Å². The number of nitrogen functional groups attached to an aromatic ring is 1. The number of amides is 2. The SMILES string of the molecule is Nc1ncnn2cc(CO)c(-c3ccc(NC(=O)Nc4cc(C(F)(F)F)ccc4F)c(F)c3)c12. The third kappa shape index (κ3) is 4.32. The molecule has 0 aliphatic heterocycles. The number of hydrogen-bond acceptors (Lipinski definition) is 5. The fraction of sp³-hybridized carbons (Fsp3) is 0.0952. The summed E-state index contributed by atoms with van der Waals surface area (Å²) in [5.74, 6) is -1.92. The van der Waals surface area contributed by atoms with Gasteiger partial charge in [0.05, 0.1) is 23.5 Å². The van der Waals surface area contributed by atoms with Crippen LogP contribution in [0.1, 0.15) is 11.1 Å². The second-order valence-electron chi connectivity index (χ2n) is 7.09. The van der Waals surface area contributed by atoms with E-state index in [1.54, 1.807) is 0 Å². The van der Waals surface area contributed by atoms with Crippen molar-refractivity contribution in [2.75, 3.05) is 16.4 Å². The highest BCUT2D eigenvalue weighted by Gasteiger charge is 2.31. The fourth-order valence-corrected chi connectivity index (χ4v) is 3.37. The maximum absolute atomic E-state index is 14.8. The molecule has 2 aromatic carbocycles. The summed E-state index contributed by atoms with van der Waals surface area (Å²) in [5.41, 5.74) is 5.08. The predicted molar refractivity (Wildman–Crippen MR) is 113 cm³/mol. The first-order valence-electron chi connectivity index (χ1n) is 9.54. The van der Waals surface area contributed by atoms with Gasteiger partial charge in [-0.2, -0.15) is 18.3 Å². The van der Waals surface area contributed by atoms with Gasteiger partial charge in [0.1, 0.15) is 23.5 Å². The lowest BCUT2D eigenvalue weighted by Gasteiger charge is -2.13. The number of anilines is 3. The zero-order valence-electron chi connectivity index (χ0n) is 17.0. The maximum Gasteiger partial charge on any atom is 0.416 e. The van der Waals surface area contributed by atoms with Crippen LogP contribution in [0.15, 0.2) is 48.9 Å². The zero-order chi connectivity index (χ0) is 24.6. The summed E-state index contributed by atoms with van der Waals surface area (Å²) in [6.45, 7) is -0.398. The molecule has 13 heteroatoms. The number of rotatable bonds is 4. The van der Waals surface area contributed by atoms with Crippen molar-refractivity contribution in [2.45, 2.75) is 12.8 Å². The molecule has 0 fully saturated rings. The van der Waals surface area contributed by atoms with Gasteiger partial charge in [-0.15, -0.1) is 0 Å². The number of benzene rings is 2. The van der Waals surface area contributed by atoms with E-state index in [9.17, 15) is 31.9 Å². The minimum absolute atomic E-state index is 0.0924. The predicted octanol–water partition coefficient (Wildman–Crippen LogP) is 4.41. The largest absolute Gasteiger partial charge is 0.416 e. The molecule has 5 N–H and O–H groups in total. The molecular weight excluding hydrogens is 463 g/mol. The number of urea groups is 1. The van der Waals surface area contributed by atoms with Crippen molar-refractivity contribution in [1.29, 1.82) is 0 Å². The van der Waals surface area contributed by atoms with E-state index in [0.717, 1.165) is 6.07 Å². The number of fused-ring (bicyclic) bond motifs is 1. The van der Waals surface area contributed by atoms with Crippen molar-refractivity contribution in [1.82, 2.24) is 14.6 Å². The van der Waals surface area contributed by atoms with Crippen LogP contribution in [0.5, 0.6) is 0 Å². The molecule has 2 heterocycles. The number of carbonyl (C=O) groups is 1. The zero-order valence-corrected chi connectivity index (χ0v) is 17.0. The third-order valence-corrected chi connectivity index (χ3v) is 4.90. The number of alkyl halides is 3. The number of aliphatic hydroxyl groups excluding tert-OH is 1. The van der Waals surface area contributed by atoms with Gasteiger partial charge in [0, 0.05) is 17.3 Å². The first kappa shape index (κ1) is 22.9. The quantitative estimate of drug-likeness (QED) is 0.324. The highest BCUT2D eigenvalue weighted by molar-refractivity contribution is 6.00. The lowest BCUT2D eigenvalue weighted by Crippen LogP contribution is -2.21. The molecule has 4 aromatic rings. The first-order valence-corrected chi connectivity index (χ1v) is 9.54. The average Bonchev–Trinajstić information content (AvgIpc) is 3.16. The number of aliphatic hydroxyl groups is 1. The minimum atomic E-state index is -4.74. The fourth-order valence-electron chi connectivity index (χ4n) is 3.37. The van der Waals surface area contributed by atoms with Gasteiger partial charge in [-0.3, -0.25) is 0 Å². The van der Waals surface area contributed by atoms with Gasteiger partial charge in [-0.05, 0) is 35.9 Å². The highest BCUT2D eigenvalue weighted by Crippen LogP contribution is 2.34. The normalized spacial score (nSPS) is 11.6. The van der Waals surface area contributed by atoms with Crippen LogP contribution in [-0.4, -0.2) is 25.7 Å². The number of nitrogens with zero attached hydrogens (tertiary/aromatic N) is 3. The van der Waals surface area contributed by atoms with Gasteiger partial charge in [0.2, 0.25) is 0 Å². The van der Waals surface area contributed by atoms with E-state index >= 15 is 0 Å². The summed E-state index contributed by atoms with van der Waals surface area (Å²) < 4.78 is 68.5. The van der Waals surface area contributed by atoms with Crippen LogP contribution in [0.2, 0.25) is 0 Å². The lowest BCUT2D eigenvalue weighted by atomic mass is 10.0. The summed E-state index contributed by atoms with van der Waals surface area (Å²) in [7, 11) is 0. The molecule has 176 valence electrons. The van der Waals surface area contributed by atoms with Gasteiger partial charge < -0.3 is 21.5 Å². The molecule has 2 amide bonds. The highest BCUT2D eigenvalue weighted by atomic mass is 19.4. The first-order chi connectivity index (χ1) is 16.1. The van der Waals surface area contributed by atoms with Gasteiger partial charge >= 0.3 is 12.2 Å². The summed E-state index contributed by atoms with van der Waals surface area (Å²) in [4.78, 5) is 16.1. The monoisotopic (exact) mass is 478 g/mol. The molecule has 0 unspecified atom stereocenters. The number of nitrogens with one attached hydrogen (secondary N) is 2. The number of carbonyl (C=O) groups excluding carboxylic acids is 1. The van der Waals surface area contributed by atoms with Gasteiger partial charge in [0.25, 0.3) is 0 Å². The van der Waals surface area contributed by atoms with Crippen LogP contribution in [0.4, 0.5) is 43.9 Å². The van der Waals surface area contributed by atoms with Crippen LogP contribution in [-0.2, 0) is 12.8 Å². The van der Waals surface area contributed by atoms with Crippen molar-refractivity contribution < 1.29 is 31.9 Å². The van der Waals surface area contributed by atoms with Gasteiger partial charge in [-0.25, -0.2) is 23.1 Å². The van der Waals surface area contributed by atoms with Gasteiger partial charge in [0.15, 0.2) is 5.82 Å². The molecule has 4 rings (SSSR count). The van der Waals surface area contributed by atoms with E-state index in [2.05, 4.69) is 15.4 Å². The Morgan fingerprint density at radius 1 is 1.06 bits per heavy atom. The molecule has 0 saturated carbocycles. The summed E-state index contributed by atoms with van der Waals surface area (Å²) in [5, 5.41) is 17.7. The molecule has 0 aliphatic carbocycles. The number of aromatic nitrogens is 3. The summed E-state index contributed by atoms with van der Waals surface area (Å²) >= 11 is 0. The Bertz CT molecular complexity index is 1400. The molecular formula is C21H15F5N6O2. The van der Waals surface area contributed by atoms with Crippen molar-refractivity contribution in [3.05, 3.63) is 71.7 Å². The van der Waals surface area contributed by atoms with Crippen LogP contribution in [0.3, 0.4) is 0 Å². The van der Waals surface area contributed by atoms with Crippen molar-refractivity contribution in [3.8, 4) is 11.1 Å². The Kier molecular flexibility index (Phi) is 5.79. The molecule has 2 aromatic heterocycles. The van der Waals surface area contributed by atoms with E-state index in [-0.39, 0.29) is 11.5 Å². The topological polar surface area (TPSA) is 118 Å². The van der Waals surface area contributed by atoms with E-state index in [1.807, 2.05) is 5.32 Å². The Morgan fingerprint density at radius 2 is 1.79 bits per heavy atom. The molecule has 0 spiro atoms. The molecule has 0 bridgehead atoms. The third-order valence-electron chi connectivity index (χ3n) is 4.90. The van der Waals surface area contributed by atoms with Gasteiger partial charge in [-0.1, -0.05) is 6.07 Å². The van der Waals surface area contributed by atoms with Crippen molar-refractivity contribution in [3.63, 3.8) is 0 Å². The smallest absolute Gasteiger partial charge is 0.392 e. The van der Waals surface area contributed by atoms with Crippen LogP contribution in [0.25, 0.3) is 16.6 Å². The lowest BCUT2D eigenvalue weighted by molar-refractivity contribution is -0.137. The summed E-state index contributed by atoms with van der Waals surface area (Å²) in [6, 6.07) is 4.02. The number of nitrogens with two attached hydrogens (primary N) is 1. The molecule has 8 nitrogen and oxygen atoms in total. The molecule has 0 atom stereocenters. The minimum Gasteiger partial charge on any atom is -0.392 e. The Morgan fingerprint density at radius 3 is 2.47 bits per heavy atom. The maximum atomic E-state index is 14.8.